The van der Waals surface area contributed by atoms with Crippen LogP contribution in [0.1, 0.15) is 43.9 Å². The zero-order valence-corrected chi connectivity index (χ0v) is 23.8. The number of rotatable bonds is 11. The van der Waals surface area contributed by atoms with Gasteiger partial charge in [0.05, 0.1) is 10.6 Å². The lowest BCUT2D eigenvalue weighted by molar-refractivity contribution is -0.139. The number of hydrogen-bond donors (Lipinski definition) is 1. The highest BCUT2D eigenvalue weighted by molar-refractivity contribution is 7.92. The summed E-state index contributed by atoms with van der Waals surface area (Å²) in [6.45, 7) is 8.55. The molecule has 0 bridgehead atoms. The molecule has 0 aliphatic heterocycles. The Bertz CT molecular complexity index is 1390. The van der Waals surface area contributed by atoms with Crippen LogP contribution in [0.4, 0.5) is 10.1 Å². The molecule has 0 aliphatic carbocycles. The van der Waals surface area contributed by atoms with E-state index in [9.17, 15) is 22.4 Å². The molecule has 3 rings (SSSR count). The highest BCUT2D eigenvalue weighted by Crippen LogP contribution is 2.27. The van der Waals surface area contributed by atoms with Crippen LogP contribution in [0.2, 0.25) is 0 Å². The largest absolute Gasteiger partial charge is 0.352 e. The van der Waals surface area contributed by atoms with Crippen molar-refractivity contribution in [2.24, 2.45) is 0 Å². The van der Waals surface area contributed by atoms with E-state index in [2.05, 4.69) is 5.32 Å². The van der Waals surface area contributed by atoms with Gasteiger partial charge < -0.3 is 10.2 Å². The molecular formula is C30H36FN3O4S. The number of halogens is 1. The Labute approximate surface area is 230 Å². The monoisotopic (exact) mass is 553 g/mol. The number of nitrogens with zero attached hydrogens (tertiary/aromatic N) is 2. The van der Waals surface area contributed by atoms with Gasteiger partial charge in [-0.3, -0.25) is 13.9 Å². The van der Waals surface area contributed by atoms with Crippen molar-refractivity contribution in [3.05, 3.63) is 95.3 Å². The van der Waals surface area contributed by atoms with Gasteiger partial charge in [0, 0.05) is 12.6 Å². The standard InChI is InChI=1S/C30H36FN3O4S/c1-6-23(4)32-30(36)24(5)33(19-25-15-11-21(2)12-16-25)29(35)20-34(28-10-8-7-9-27(28)31)39(37,38)26-17-13-22(3)14-18-26/h7-18,23-24H,6,19-20H2,1-5H3,(H,32,36)/t23-,24-/m1/s1. The molecule has 9 heteroatoms. The third-order valence-electron chi connectivity index (χ3n) is 6.65. The summed E-state index contributed by atoms with van der Waals surface area (Å²) >= 11 is 0. The van der Waals surface area contributed by atoms with Gasteiger partial charge >= 0.3 is 0 Å². The second kappa shape index (κ2) is 12.9. The van der Waals surface area contributed by atoms with Crippen molar-refractivity contribution < 1.29 is 22.4 Å². The Morgan fingerprint density at radius 1 is 0.897 bits per heavy atom. The second-order valence-corrected chi connectivity index (χ2v) is 11.6. The van der Waals surface area contributed by atoms with Crippen molar-refractivity contribution in [2.45, 2.75) is 64.6 Å². The fraction of sp³-hybridized carbons (Fsp3) is 0.333. The number of benzene rings is 3. The molecule has 0 radical (unpaired) electrons. The number of anilines is 1. The SMILES string of the molecule is CC[C@@H](C)NC(=O)[C@@H](C)N(Cc1ccc(C)cc1)C(=O)CN(c1ccccc1F)S(=O)(=O)c1ccc(C)cc1. The quantitative estimate of drug-likeness (QED) is 0.363. The molecule has 0 fully saturated rings. The van der Waals surface area contributed by atoms with Gasteiger partial charge in [0.2, 0.25) is 11.8 Å². The van der Waals surface area contributed by atoms with E-state index in [1.54, 1.807) is 19.1 Å². The maximum atomic E-state index is 15.0. The lowest BCUT2D eigenvalue weighted by Gasteiger charge is -2.32. The van der Waals surface area contributed by atoms with Crippen molar-refractivity contribution in [1.29, 1.82) is 0 Å². The summed E-state index contributed by atoms with van der Waals surface area (Å²) in [5.74, 6) is -1.78. The average molecular weight is 554 g/mol. The molecule has 0 spiro atoms. The number of carbonyl (C=O) groups excluding carboxylic acids is 2. The molecule has 2 amide bonds. The van der Waals surface area contributed by atoms with Crippen molar-refractivity contribution in [2.75, 3.05) is 10.8 Å². The maximum absolute atomic E-state index is 15.0. The highest BCUT2D eigenvalue weighted by Gasteiger charge is 2.33. The fourth-order valence-electron chi connectivity index (χ4n) is 3.94. The number of nitrogens with one attached hydrogen (secondary N) is 1. The first-order valence-corrected chi connectivity index (χ1v) is 14.4. The summed E-state index contributed by atoms with van der Waals surface area (Å²) in [7, 11) is -4.32. The lowest BCUT2D eigenvalue weighted by Crippen LogP contribution is -2.52. The Morgan fingerprint density at radius 2 is 1.46 bits per heavy atom. The Hall–Kier alpha value is -3.72. The van der Waals surface area contributed by atoms with Crippen LogP contribution in [0, 0.1) is 19.7 Å². The molecular weight excluding hydrogens is 517 g/mol. The zero-order valence-electron chi connectivity index (χ0n) is 23.0. The van der Waals surface area contributed by atoms with E-state index in [0.29, 0.717) is 6.42 Å². The molecule has 0 saturated carbocycles. The minimum absolute atomic E-state index is 0.0724. The van der Waals surface area contributed by atoms with Crippen molar-refractivity contribution in [1.82, 2.24) is 10.2 Å². The molecule has 39 heavy (non-hydrogen) atoms. The summed E-state index contributed by atoms with van der Waals surface area (Å²) in [6, 6.07) is 18.0. The van der Waals surface area contributed by atoms with Crippen LogP contribution in [-0.2, 0) is 26.2 Å². The first kappa shape index (κ1) is 29.8. The number of carbonyl (C=O) groups is 2. The minimum atomic E-state index is -4.32. The van der Waals surface area contributed by atoms with Gasteiger partial charge in [-0.15, -0.1) is 0 Å². The van der Waals surface area contributed by atoms with E-state index >= 15 is 0 Å². The summed E-state index contributed by atoms with van der Waals surface area (Å²) in [4.78, 5) is 28.2. The third kappa shape index (κ3) is 7.44. The first-order valence-electron chi connectivity index (χ1n) is 12.9. The molecule has 2 atom stereocenters. The van der Waals surface area contributed by atoms with Crippen LogP contribution in [0.15, 0.2) is 77.7 Å². The predicted molar refractivity (Wildman–Crippen MR) is 151 cm³/mol. The van der Waals surface area contributed by atoms with Crippen LogP contribution in [0.5, 0.6) is 0 Å². The molecule has 0 aliphatic rings. The molecule has 0 aromatic heterocycles. The third-order valence-corrected chi connectivity index (χ3v) is 8.42. The van der Waals surface area contributed by atoms with Gasteiger partial charge in [-0.25, -0.2) is 12.8 Å². The predicted octanol–water partition coefficient (Wildman–Crippen LogP) is 4.97. The van der Waals surface area contributed by atoms with Crippen molar-refractivity contribution >= 4 is 27.5 Å². The van der Waals surface area contributed by atoms with E-state index in [0.717, 1.165) is 27.1 Å². The van der Waals surface area contributed by atoms with Gasteiger partial charge in [0.15, 0.2) is 0 Å². The van der Waals surface area contributed by atoms with Crippen LogP contribution in [0.3, 0.4) is 0 Å². The average Bonchev–Trinajstić information content (AvgIpc) is 2.91. The van der Waals surface area contributed by atoms with E-state index in [1.165, 1.54) is 35.2 Å². The number of para-hydroxylation sites is 1. The molecule has 0 unspecified atom stereocenters. The van der Waals surface area contributed by atoms with Crippen LogP contribution < -0.4 is 9.62 Å². The van der Waals surface area contributed by atoms with Gasteiger partial charge in [-0.1, -0.05) is 66.6 Å². The smallest absolute Gasteiger partial charge is 0.264 e. The second-order valence-electron chi connectivity index (χ2n) is 9.78. The van der Waals surface area contributed by atoms with E-state index in [1.807, 2.05) is 52.0 Å². The highest BCUT2D eigenvalue weighted by atomic mass is 32.2. The molecule has 208 valence electrons. The van der Waals surface area contributed by atoms with Crippen LogP contribution in [-0.4, -0.2) is 43.8 Å². The summed E-state index contributed by atoms with van der Waals surface area (Å²) in [6.07, 6.45) is 0.709. The molecule has 0 heterocycles. The van der Waals surface area contributed by atoms with E-state index < -0.39 is 34.3 Å². The van der Waals surface area contributed by atoms with Crippen molar-refractivity contribution in [3.63, 3.8) is 0 Å². The van der Waals surface area contributed by atoms with Crippen molar-refractivity contribution in [3.8, 4) is 0 Å². The van der Waals surface area contributed by atoms with Gasteiger partial charge in [-0.05, 0) is 63.9 Å². The summed E-state index contributed by atoms with van der Waals surface area (Å²) < 4.78 is 43.2. The Kier molecular flexibility index (Phi) is 9.86. The van der Waals surface area contributed by atoms with Crippen LogP contribution in [0.25, 0.3) is 0 Å². The molecule has 3 aromatic carbocycles. The summed E-state index contributed by atoms with van der Waals surface area (Å²) in [5.41, 5.74) is 2.41. The van der Waals surface area contributed by atoms with Crippen LogP contribution >= 0.6 is 0 Å². The lowest BCUT2D eigenvalue weighted by atomic mass is 10.1. The molecule has 0 saturated heterocycles. The first-order chi connectivity index (χ1) is 18.4. The molecule has 7 nitrogen and oxygen atoms in total. The number of hydrogen-bond acceptors (Lipinski definition) is 4. The van der Waals surface area contributed by atoms with Gasteiger partial charge in [0.1, 0.15) is 18.4 Å². The number of amides is 2. The molecule has 1 N–H and O–H groups in total. The minimum Gasteiger partial charge on any atom is -0.352 e. The zero-order chi connectivity index (χ0) is 28.7. The Balaban J connectivity index is 2.03. The summed E-state index contributed by atoms with van der Waals surface area (Å²) in [5, 5.41) is 2.89. The van der Waals surface area contributed by atoms with E-state index in [4.69, 9.17) is 0 Å². The normalized spacial score (nSPS) is 12.9. The maximum Gasteiger partial charge on any atom is 0.264 e. The fourth-order valence-corrected chi connectivity index (χ4v) is 5.37. The number of aryl methyl sites for hydroxylation is 2. The van der Waals surface area contributed by atoms with E-state index in [-0.39, 0.29) is 29.1 Å². The van der Waals surface area contributed by atoms with Gasteiger partial charge in [0.25, 0.3) is 10.0 Å². The topological polar surface area (TPSA) is 86.8 Å². The Morgan fingerprint density at radius 3 is 2.03 bits per heavy atom. The molecule has 3 aromatic rings. The van der Waals surface area contributed by atoms with Gasteiger partial charge in [-0.2, -0.15) is 0 Å². The number of sulfonamides is 1.